The van der Waals surface area contributed by atoms with Crippen LogP contribution in [0.25, 0.3) is 0 Å². The Balaban J connectivity index is 2.01. The van der Waals surface area contributed by atoms with E-state index in [4.69, 9.17) is 9.52 Å². The summed E-state index contributed by atoms with van der Waals surface area (Å²) in [4.78, 5) is 30.0. The van der Waals surface area contributed by atoms with Gasteiger partial charge in [0.25, 0.3) is 5.91 Å². The van der Waals surface area contributed by atoms with Crippen molar-refractivity contribution < 1.29 is 19.1 Å². The van der Waals surface area contributed by atoms with Gasteiger partial charge in [0.2, 0.25) is 0 Å². The van der Waals surface area contributed by atoms with Crippen molar-refractivity contribution in [1.82, 2.24) is 15.3 Å². The number of amides is 1. The van der Waals surface area contributed by atoms with Crippen LogP contribution in [0.2, 0.25) is 0 Å². The Morgan fingerprint density at radius 2 is 2.05 bits per heavy atom. The fourth-order valence-electron chi connectivity index (χ4n) is 1.53. The van der Waals surface area contributed by atoms with Crippen LogP contribution in [0.5, 0.6) is 0 Å². The quantitative estimate of drug-likeness (QED) is 0.850. The van der Waals surface area contributed by atoms with Gasteiger partial charge in [0.15, 0.2) is 0 Å². The Hall–Kier alpha value is -2.70. The zero-order valence-corrected chi connectivity index (χ0v) is 10.1. The molecular weight excluding hydrogens is 250 g/mol. The average Bonchev–Trinajstić information content (AvgIpc) is 2.78. The van der Waals surface area contributed by atoms with Crippen LogP contribution in [-0.4, -0.2) is 27.0 Å². The number of carbonyl (C=O) groups is 2. The van der Waals surface area contributed by atoms with Crippen molar-refractivity contribution in [2.45, 2.75) is 13.5 Å². The number of aromatic carboxylic acids is 1. The average molecular weight is 261 g/mol. The number of carboxylic acid groups (broad SMARTS) is 1. The van der Waals surface area contributed by atoms with E-state index < -0.39 is 5.97 Å². The monoisotopic (exact) mass is 261 g/mol. The summed E-state index contributed by atoms with van der Waals surface area (Å²) in [5.74, 6) is -0.735. The largest absolute Gasteiger partial charge is 0.478 e. The molecule has 19 heavy (non-hydrogen) atoms. The lowest BCUT2D eigenvalue weighted by Gasteiger charge is -2.01. The summed E-state index contributed by atoms with van der Waals surface area (Å²) in [6, 6.07) is 1.39. The molecule has 2 aromatic rings. The Morgan fingerprint density at radius 3 is 2.63 bits per heavy atom. The Bertz CT molecular complexity index is 607. The second-order valence-corrected chi connectivity index (χ2v) is 3.80. The summed E-state index contributed by atoms with van der Waals surface area (Å²) >= 11 is 0. The predicted molar refractivity (Wildman–Crippen MR) is 63.6 cm³/mol. The van der Waals surface area contributed by atoms with Crippen LogP contribution in [0, 0.1) is 6.92 Å². The lowest BCUT2D eigenvalue weighted by Crippen LogP contribution is -2.22. The van der Waals surface area contributed by atoms with E-state index in [9.17, 15) is 9.59 Å². The molecule has 2 rings (SSSR count). The fourth-order valence-corrected chi connectivity index (χ4v) is 1.53. The van der Waals surface area contributed by atoms with Crippen LogP contribution in [0.4, 0.5) is 0 Å². The third-order valence-electron chi connectivity index (χ3n) is 2.45. The number of rotatable bonds is 4. The minimum atomic E-state index is -1.06. The van der Waals surface area contributed by atoms with Gasteiger partial charge in [-0.2, -0.15) is 0 Å². The van der Waals surface area contributed by atoms with Crippen molar-refractivity contribution in [3.05, 3.63) is 47.4 Å². The van der Waals surface area contributed by atoms with E-state index in [1.165, 1.54) is 24.8 Å². The second kappa shape index (κ2) is 5.30. The van der Waals surface area contributed by atoms with Crippen molar-refractivity contribution in [3.8, 4) is 0 Å². The molecule has 0 spiro atoms. The first kappa shape index (κ1) is 12.7. The number of aromatic nitrogens is 2. The highest BCUT2D eigenvalue weighted by Gasteiger charge is 2.14. The molecule has 0 aliphatic rings. The van der Waals surface area contributed by atoms with Gasteiger partial charge in [-0.3, -0.25) is 4.79 Å². The first-order valence-electron chi connectivity index (χ1n) is 5.43. The van der Waals surface area contributed by atoms with Gasteiger partial charge < -0.3 is 14.8 Å². The molecule has 7 nitrogen and oxygen atoms in total. The Labute approximate surface area is 108 Å². The molecule has 0 saturated heterocycles. The molecule has 0 aliphatic heterocycles. The van der Waals surface area contributed by atoms with E-state index in [0.29, 0.717) is 17.1 Å². The topological polar surface area (TPSA) is 105 Å². The number of carbonyl (C=O) groups excluding carboxylic acids is 1. The number of nitrogens with zero attached hydrogens (tertiary/aromatic N) is 2. The number of nitrogens with one attached hydrogen (secondary N) is 1. The highest BCUT2D eigenvalue weighted by Crippen LogP contribution is 2.14. The maximum absolute atomic E-state index is 11.7. The summed E-state index contributed by atoms with van der Waals surface area (Å²) in [5.41, 5.74) is 0.413. The number of hydrogen-bond donors (Lipinski definition) is 2. The molecule has 0 fully saturated rings. The maximum atomic E-state index is 11.7. The van der Waals surface area contributed by atoms with Gasteiger partial charge in [0, 0.05) is 12.4 Å². The zero-order chi connectivity index (χ0) is 13.8. The molecule has 0 unspecified atom stereocenters. The second-order valence-electron chi connectivity index (χ2n) is 3.80. The highest BCUT2D eigenvalue weighted by molar-refractivity contribution is 5.93. The molecule has 0 atom stereocenters. The molecule has 2 aromatic heterocycles. The summed E-state index contributed by atoms with van der Waals surface area (Å²) in [5, 5.41) is 11.5. The summed E-state index contributed by atoms with van der Waals surface area (Å²) < 4.78 is 5.24. The molecular formula is C12H11N3O4. The molecule has 2 heterocycles. The number of aryl methyl sites for hydroxylation is 1. The third kappa shape index (κ3) is 2.95. The van der Waals surface area contributed by atoms with E-state index in [-0.39, 0.29) is 18.0 Å². The van der Waals surface area contributed by atoms with E-state index in [1.807, 2.05) is 0 Å². The molecule has 0 bridgehead atoms. The molecule has 2 N–H and O–H groups in total. The molecule has 98 valence electrons. The van der Waals surface area contributed by atoms with Gasteiger partial charge in [-0.15, -0.1) is 0 Å². The van der Waals surface area contributed by atoms with Crippen LogP contribution < -0.4 is 5.32 Å². The van der Waals surface area contributed by atoms with Crippen LogP contribution in [0.1, 0.15) is 32.2 Å². The van der Waals surface area contributed by atoms with Gasteiger partial charge in [-0.1, -0.05) is 0 Å². The van der Waals surface area contributed by atoms with Crippen LogP contribution >= 0.6 is 0 Å². The standard InChI is InChI=1S/C12H11N3O4/c1-7-10(12(17)18)2-9(19-7)5-15-11(16)8-3-13-6-14-4-8/h2-4,6H,5H2,1H3,(H,15,16)(H,17,18). The highest BCUT2D eigenvalue weighted by atomic mass is 16.4. The van der Waals surface area contributed by atoms with E-state index in [2.05, 4.69) is 15.3 Å². The third-order valence-corrected chi connectivity index (χ3v) is 2.45. The molecule has 0 aliphatic carbocycles. The van der Waals surface area contributed by atoms with Crippen molar-refractivity contribution in [1.29, 1.82) is 0 Å². The number of hydrogen-bond acceptors (Lipinski definition) is 5. The first-order valence-corrected chi connectivity index (χ1v) is 5.43. The Morgan fingerprint density at radius 1 is 1.37 bits per heavy atom. The first-order chi connectivity index (χ1) is 9.08. The molecule has 0 aromatic carbocycles. The smallest absolute Gasteiger partial charge is 0.339 e. The summed E-state index contributed by atoms with van der Waals surface area (Å²) in [6.45, 7) is 1.65. The van der Waals surface area contributed by atoms with Gasteiger partial charge in [0.05, 0.1) is 12.1 Å². The van der Waals surface area contributed by atoms with Crippen LogP contribution in [-0.2, 0) is 6.54 Å². The van der Waals surface area contributed by atoms with E-state index in [1.54, 1.807) is 6.92 Å². The van der Waals surface area contributed by atoms with Gasteiger partial charge >= 0.3 is 5.97 Å². The van der Waals surface area contributed by atoms with Gasteiger partial charge in [-0.25, -0.2) is 14.8 Å². The van der Waals surface area contributed by atoms with Crippen molar-refractivity contribution in [3.63, 3.8) is 0 Å². The van der Waals surface area contributed by atoms with Crippen molar-refractivity contribution in [2.24, 2.45) is 0 Å². The number of carboxylic acids is 1. The predicted octanol–water partition coefficient (Wildman–Crippen LogP) is 1.01. The summed E-state index contributed by atoms with van der Waals surface area (Å²) in [6.07, 6.45) is 4.10. The van der Waals surface area contributed by atoms with Crippen LogP contribution in [0.3, 0.4) is 0 Å². The Kier molecular flexibility index (Phi) is 3.56. The minimum Gasteiger partial charge on any atom is -0.478 e. The maximum Gasteiger partial charge on any atom is 0.339 e. The van der Waals surface area contributed by atoms with E-state index >= 15 is 0 Å². The van der Waals surface area contributed by atoms with E-state index in [0.717, 1.165) is 0 Å². The molecule has 0 saturated carbocycles. The fraction of sp³-hybridized carbons (Fsp3) is 0.167. The normalized spacial score (nSPS) is 10.2. The lowest BCUT2D eigenvalue weighted by molar-refractivity contribution is 0.0694. The van der Waals surface area contributed by atoms with Crippen molar-refractivity contribution >= 4 is 11.9 Å². The number of furan rings is 1. The minimum absolute atomic E-state index is 0.0901. The van der Waals surface area contributed by atoms with Crippen LogP contribution in [0.15, 0.2) is 29.2 Å². The molecule has 0 radical (unpaired) electrons. The molecule has 1 amide bonds. The summed E-state index contributed by atoms with van der Waals surface area (Å²) in [7, 11) is 0. The lowest BCUT2D eigenvalue weighted by atomic mass is 10.2. The van der Waals surface area contributed by atoms with Gasteiger partial charge in [0.1, 0.15) is 23.4 Å². The van der Waals surface area contributed by atoms with Crippen molar-refractivity contribution in [2.75, 3.05) is 0 Å². The molecule has 7 heteroatoms. The zero-order valence-electron chi connectivity index (χ0n) is 10.1. The SMILES string of the molecule is Cc1oc(CNC(=O)c2cncnc2)cc1C(=O)O. The van der Waals surface area contributed by atoms with Gasteiger partial charge in [-0.05, 0) is 13.0 Å².